The van der Waals surface area contributed by atoms with Gasteiger partial charge in [0, 0.05) is 17.3 Å². The number of rotatable bonds is 4. The zero-order valence-corrected chi connectivity index (χ0v) is 8.86. The summed E-state index contributed by atoms with van der Waals surface area (Å²) in [7, 11) is 0. The Bertz CT molecular complexity index is 496. The second-order valence-electron chi connectivity index (χ2n) is 3.57. The molecule has 1 aromatic heterocycles. The fraction of sp³-hybridized carbons (Fsp3) is 0.182. The molecule has 0 aliphatic carbocycles. The molecule has 0 aliphatic rings. The molecule has 0 radical (unpaired) electrons. The van der Waals surface area contributed by atoms with Crippen LogP contribution in [-0.2, 0) is 0 Å². The minimum Gasteiger partial charge on any atom is -0.264 e. The van der Waals surface area contributed by atoms with E-state index in [0.717, 1.165) is 0 Å². The number of halogens is 1. The molecule has 0 amide bonds. The van der Waals surface area contributed by atoms with Crippen LogP contribution in [0.15, 0.2) is 42.7 Å². The molecule has 88 valence electrons. The van der Waals surface area contributed by atoms with Crippen LogP contribution in [0.2, 0.25) is 0 Å². The highest BCUT2D eigenvalue weighted by Gasteiger charge is 2.19. The third kappa shape index (κ3) is 2.66. The van der Waals surface area contributed by atoms with Crippen molar-refractivity contribution in [1.29, 1.82) is 0 Å². The molecular weight excluding hydrogens is 225 g/mol. The van der Waals surface area contributed by atoms with Gasteiger partial charge in [-0.1, -0.05) is 12.1 Å². The van der Waals surface area contributed by atoms with Gasteiger partial charge in [-0.15, -0.1) is 0 Å². The first kappa shape index (κ1) is 11.3. The van der Waals surface area contributed by atoms with E-state index in [1.165, 1.54) is 28.9 Å². The molecule has 2 aromatic rings. The summed E-state index contributed by atoms with van der Waals surface area (Å²) in [5, 5.41) is 14.6. The molecule has 1 aromatic carbocycles. The molecule has 1 atom stereocenters. The molecular formula is C11H10FN3O2. The number of hydrogen-bond acceptors (Lipinski definition) is 3. The second kappa shape index (κ2) is 4.73. The average Bonchev–Trinajstić information content (AvgIpc) is 2.80. The Kier molecular flexibility index (Phi) is 3.13. The number of hydrogen-bond donors (Lipinski definition) is 0. The maximum absolute atomic E-state index is 12.8. The third-order valence-corrected chi connectivity index (χ3v) is 2.42. The summed E-state index contributed by atoms with van der Waals surface area (Å²) < 4.78 is 14.3. The number of benzene rings is 1. The van der Waals surface area contributed by atoms with E-state index < -0.39 is 11.0 Å². The molecule has 0 spiro atoms. The van der Waals surface area contributed by atoms with Gasteiger partial charge in [0.25, 0.3) is 0 Å². The topological polar surface area (TPSA) is 61.0 Å². The van der Waals surface area contributed by atoms with Crippen LogP contribution < -0.4 is 0 Å². The van der Waals surface area contributed by atoms with Crippen LogP contribution in [0.3, 0.4) is 0 Å². The van der Waals surface area contributed by atoms with Gasteiger partial charge in [0.05, 0.1) is 0 Å². The molecule has 17 heavy (non-hydrogen) atoms. The van der Waals surface area contributed by atoms with E-state index in [4.69, 9.17) is 0 Å². The lowest BCUT2D eigenvalue weighted by Gasteiger charge is -2.13. The second-order valence-corrected chi connectivity index (χ2v) is 3.57. The van der Waals surface area contributed by atoms with Crippen molar-refractivity contribution in [2.24, 2.45) is 0 Å². The molecule has 0 bridgehead atoms. The summed E-state index contributed by atoms with van der Waals surface area (Å²) >= 11 is 0. The molecule has 6 heteroatoms. The Morgan fingerprint density at radius 3 is 2.65 bits per heavy atom. The van der Waals surface area contributed by atoms with Crippen molar-refractivity contribution in [2.45, 2.75) is 6.04 Å². The Morgan fingerprint density at radius 2 is 2.12 bits per heavy atom. The van der Waals surface area contributed by atoms with Crippen molar-refractivity contribution in [3.63, 3.8) is 0 Å². The molecule has 0 N–H and O–H groups in total. The van der Waals surface area contributed by atoms with E-state index in [1.807, 2.05) is 0 Å². The van der Waals surface area contributed by atoms with Crippen LogP contribution in [0.5, 0.6) is 0 Å². The van der Waals surface area contributed by atoms with Gasteiger partial charge in [-0.05, 0) is 23.8 Å². The van der Waals surface area contributed by atoms with Gasteiger partial charge in [0.2, 0.25) is 6.54 Å². The molecule has 0 saturated carbocycles. The molecule has 0 aliphatic heterocycles. The van der Waals surface area contributed by atoms with Gasteiger partial charge < -0.3 is 0 Å². The van der Waals surface area contributed by atoms with Crippen LogP contribution in [0.4, 0.5) is 4.39 Å². The predicted octanol–water partition coefficient (Wildman–Crippen LogP) is 1.89. The van der Waals surface area contributed by atoms with Crippen LogP contribution in [0, 0.1) is 15.9 Å². The van der Waals surface area contributed by atoms with E-state index in [9.17, 15) is 14.5 Å². The molecule has 0 fully saturated rings. The van der Waals surface area contributed by atoms with Crippen LogP contribution >= 0.6 is 0 Å². The van der Waals surface area contributed by atoms with Crippen molar-refractivity contribution < 1.29 is 9.31 Å². The summed E-state index contributed by atoms with van der Waals surface area (Å²) in [5.41, 5.74) is 0.659. The van der Waals surface area contributed by atoms with Crippen LogP contribution in [0.25, 0.3) is 0 Å². The monoisotopic (exact) mass is 235 g/mol. The van der Waals surface area contributed by atoms with Crippen molar-refractivity contribution >= 4 is 0 Å². The Balaban J connectivity index is 2.33. The summed E-state index contributed by atoms with van der Waals surface area (Å²) in [5.74, 6) is -0.367. The van der Waals surface area contributed by atoms with Gasteiger partial charge in [-0.2, -0.15) is 5.10 Å². The van der Waals surface area contributed by atoms with Crippen molar-refractivity contribution in [1.82, 2.24) is 9.78 Å². The fourth-order valence-electron chi connectivity index (χ4n) is 1.63. The zero-order chi connectivity index (χ0) is 12.3. The third-order valence-electron chi connectivity index (χ3n) is 2.42. The quantitative estimate of drug-likeness (QED) is 0.600. The van der Waals surface area contributed by atoms with Gasteiger partial charge >= 0.3 is 0 Å². The van der Waals surface area contributed by atoms with Gasteiger partial charge in [-0.25, -0.2) is 4.39 Å². The first-order valence-corrected chi connectivity index (χ1v) is 5.03. The maximum Gasteiger partial charge on any atom is 0.230 e. The smallest absolute Gasteiger partial charge is 0.230 e. The van der Waals surface area contributed by atoms with Gasteiger partial charge in [0.1, 0.15) is 11.9 Å². The maximum atomic E-state index is 12.8. The number of nitro groups is 1. The number of aromatic nitrogens is 2. The summed E-state index contributed by atoms with van der Waals surface area (Å²) in [6.45, 7) is -0.284. The summed E-state index contributed by atoms with van der Waals surface area (Å²) in [6, 6.07) is 6.81. The first-order chi connectivity index (χ1) is 8.16. The van der Waals surface area contributed by atoms with E-state index in [0.29, 0.717) is 5.56 Å². The molecule has 1 heterocycles. The van der Waals surface area contributed by atoms with E-state index in [2.05, 4.69) is 5.10 Å². The first-order valence-electron chi connectivity index (χ1n) is 5.03. The molecule has 0 saturated heterocycles. The highest BCUT2D eigenvalue weighted by atomic mass is 19.1. The lowest BCUT2D eigenvalue weighted by atomic mass is 10.1. The average molecular weight is 235 g/mol. The highest BCUT2D eigenvalue weighted by molar-refractivity contribution is 5.20. The lowest BCUT2D eigenvalue weighted by Crippen LogP contribution is -2.20. The zero-order valence-electron chi connectivity index (χ0n) is 8.86. The standard InChI is InChI=1S/C11H10FN3O2/c12-10-4-2-9(3-5-10)11(8-15(16)17)14-7-1-6-13-14/h1-7,11H,8H2. The normalized spacial score (nSPS) is 12.3. The Labute approximate surface area is 96.6 Å². The highest BCUT2D eigenvalue weighted by Crippen LogP contribution is 2.18. The van der Waals surface area contributed by atoms with Crippen molar-refractivity contribution in [2.75, 3.05) is 6.54 Å². The van der Waals surface area contributed by atoms with Gasteiger partial charge in [0.15, 0.2) is 0 Å². The number of nitrogens with zero attached hydrogens (tertiary/aromatic N) is 3. The Hall–Kier alpha value is -2.24. The molecule has 5 nitrogen and oxygen atoms in total. The minimum absolute atomic E-state index is 0.284. The summed E-state index contributed by atoms with van der Waals surface area (Å²) in [6.07, 6.45) is 3.20. The van der Waals surface area contributed by atoms with Crippen LogP contribution in [0.1, 0.15) is 11.6 Å². The fourth-order valence-corrected chi connectivity index (χ4v) is 1.63. The van der Waals surface area contributed by atoms with Crippen molar-refractivity contribution in [3.05, 3.63) is 64.2 Å². The van der Waals surface area contributed by atoms with Gasteiger partial charge in [-0.3, -0.25) is 14.8 Å². The van der Waals surface area contributed by atoms with E-state index in [1.54, 1.807) is 18.5 Å². The Morgan fingerprint density at radius 1 is 1.41 bits per heavy atom. The largest absolute Gasteiger partial charge is 0.264 e. The summed E-state index contributed by atoms with van der Waals surface area (Å²) in [4.78, 5) is 10.2. The van der Waals surface area contributed by atoms with Crippen LogP contribution in [-0.4, -0.2) is 21.2 Å². The predicted molar refractivity (Wildman–Crippen MR) is 58.6 cm³/mol. The van der Waals surface area contributed by atoms with E-state index in [-0.39, 0.29) is 12.4 Å². The van der Waals surface area contributed by atoms with E-state index >= 15 is 0 Å². The molecule has 1 unspecified atom stereocenters. The molecule has 2 rings (SSSR count). The SMILES string of the molecule is O=[N+]([O-])CC(c1ccc(F)cc1)n1cccn1. The lowest BCUT2D eigenvalue weighted by molar-refractivity contribution is -0.484. The van der Waals surface area contributed by atoms with Crippen molar-refractivity contribution in [3.8, 4) is 0 Å². The minimum atomic E-state index is -0.513.